The lowest BCUT2D eigenvalue weighted by Gasteiger charge is -2.44. The zero-order valence-electron chi connectivity index (χ0n) is 26.6. The van der Waals surface area contributed by atoms with Gasteiger partial charge in [0.1, 0.15) is 42.7 Å². The van der Waals surface area contributed by atoms with Crippen molar-refractivity contribution in [3.63, 3.8) is 0 Å². The smallest absolute Gasteiger partial charge is 0.265 e. The highest BCUT2D eigenvalue weighted by molar-refractivity contribution is 5.83. The number of imidazole rings is 1. The summed E-state index contributed by atoms with van der Waals surface area (Å²) < 4.78 is 69.0. The second-order valence-electron chi connectivity index (χ2n) is 12.4. The minimum absolute atomic E-state index is 0.0103. The highest BCUT2D eigenvalue weighted by Gasteiger charge is 2.45. The summed E-state index contributed by atoms with van der Waals surface area (Å²) >= 11 is 0. The molecule has 0 amide bonds. The molecular formula is C31H36F4N8O7. The Morgan fingerprint density at radius 2 is 1.86 bits per heavy atom. The van der Waals surface area contributed by atoms with Crippen LogP contribution in [0.3, 0.4) is 0 Å². The van der Waals surface area contributed by atoms with Crippen molar-refractivity contribution in [1.82, 2.24) is 24.5 Å². The predicted octanol–water partition coefficient (Wildman–Crippen LogP) is 0.359. The molecule has 270 valence electrons. The number of aromatic nitrogens is 5. The van der Waals surface area contributed by atoms with E-state index in [0.29, 0.717) is 24.2 Å². The van der Waals surface area contributed by atoms with Crippen LogP contribution in [0, 0.1) is 11.6 Å². The number of nitrogens with zero attached hydrogens (tertiary/aromatic N) is 6. The first-order chi connectivity index (χ1) is 23.8. The number of anilines is 2. The fraction of sp³-hybridized carbons (Fsp3) is 0.484. The third-order valence-corrected chi connectivity index (χ3v) is 9.12. The van der Waals surface area contributed by atoms with Crippen molar-refractivity contribution in [3.05, 3.63) is 54.2 Å². The van der Waals surface area contributed by atoms with Gasteiger partial charge >= 0.3 is 0 Å². The molecule has 2 fully saturated rings. The molecule has 1 aromatic carbocycles. The third-order valence-electron chi connectivity index (χ3n) is 9.12. The van der Waals surface area contributed by atoms with Crippen LogP contribution in [0.4, 0.5) is 29.1 Å². The van der Waals surface area contributed by atoms with Crippen LogP contribution in [-0.4, -0.2) is 126 Å². The number of aliphatic hydroxyl groups is 5. The van der Waals surface area contributed by atoms with Gasteiger partial charge in [0.05, 0.1) is 49.7 Å². The molecule has 2 aliphatic heterocycles. The van der Waals surface area contributed by atoms with E-state index in [2.05, 4.69) is 25.3 Å². The van der Waals surface area contributed by atoms with Gasteiger partial charge in [-0.25, -0.2) is 32.5 Å². The Balaban J connectivity index is 1.38. The molecule has 15 nitrogen and oxygen atoms in total. The molecular weight excluding hydrogens is 672 g/mol. The molecule has 2 aliphatic rings. The monoisotopic (exact) mass is 708 g/mol. The number of fused-ring (bicyclic) bond motifs is 1. The molecule has 1 unspecified atom stereocenters. The van der Waals surface area contributed by atoms with Gasteiger partial charge in [-0.1, -0.05) is 0 Å². The number of methoxy groups -OCH3 is 1. The van der Waals surface area contributed by atoms with E-state index in [1.165, 1.54) is 32.0 Å². The molecule has 0 radical (unpaired) electrons. The van der Waals surface area contributed by atoms with Gasteiger partial charge in [0.15, 0.2) is 34.8 Å². The van der Waals surface area contributed by atoms with Crippen molar-refractivity contribution >= 4 is 22.7 Å². The van der Waals surface area contributed by atoms with E-state index in [0.717, 1.165) is 12.1 Å². The average molecular weight is 709 g/mol. The topological polar surface area (TPSA) is 217 Å². The molecule has 7 atom stereocenters. The Labute approximate surface area is 281 Å². The Hall–Kier alpha value is -4.24. The molecule has 5 heterocycles. The summed E-state index contributed by atoms with van der Waals surface area (Å²) in [4.78, 5) is 19.0. The van der Waals surface area contributed by atoms with Gasteiger partial charge in [-0.15, -0.1) is 0 Å². The van der Waals surface area contributed by atoms with Gasteiger partial charge in [0, 0.05) is 24.7 Å². The van der Waals surface area contributed by atoms with Crippen molar-refractivity contribution in [1.29, 1.82) is 0 Å². The first kappa shape index (κ1) is 35.6. The van der Waals surface area contributed by atoms with Crippen molar-refractivity contribution in [3.8, 4) is 17.0 Å². The molecule has 2 saturated heterocycles. The zero-order valence-corrected chi connectivity index (χ0v) is 26.6. The van der Waals surface area contributed by atoms with Crippen molar-refractivity contribution < 1.29 is 52.6 Å². The standard InChI is InChI=1S/C31H36F4N8O7/c1-49-20-7-16(32)15(6-17(20)33)18-5-14(19(8-37-18)42-4-2-3-31(36,11-42)26(48)27(34)35)9-43-13-40-22-28(38-12-39-29(22)43)41-30-25(47)24(46)23(45)21(10-44)50-30/h5-8,12-13,21,23-27,30,44-48H,2-4,9-11,36H2,1H3,(H,38,39,41)/t21-,23-,24+,25+,26-,30?,31-/m1/s1. The number of hydrogen-bond acceptors (Lipinski definition) is 14. The van der Waals surface area contributed by atoms with E-state index < -0.39 is 67.0 Å². The van der Waals surface area contributed by atoms with Crippen LogP contribution in [-0.2, 0) is 11.3 Å². The largest absolute Gasteiger partial charge is 0.494 e. The quantitative estimate of drug-likeness (QED) is 0.111. The van der Waals surface area contributed by atoms with E-state index >= 15 is 4.39 Å². The Kier molecular flexibility index (Phi) is 10.1. The van der Waals surface area contributed by atoms with Crippen LogP contribution >= 0.6 is 0 Å². The summed E-state index contributed by atoms with van der Waals surface area (Å²) in [5.41, 5.74) is 5.89. The van der Waals surface area contributed by atoms with E-state index in [4.69, 9.17) is 15.2 Å². The second kappa shape index (κ2) is 14.2. The van der Waals surface area contributed by atoms with Gasteiger partial charge in [0.25, 0.3) is 6.43 Å². The second-order valence-corrected chi connectivity index (χ2v) is 12.4. The first-order valence-electron chi connectivity index (χ1n) is 15.6. The summed E-state index contributed by atoms with van der Waals surface area (Å²) in [6.07, 6.45) is -7.95. The summed E-state index contributed by atoms with van der Waals surface area (Å²) in [5, 5.41) is 53.5. The SMILES string of the molecule is COc1cc(F)c(-c2cc(Cn3cnc4c(NC5O[C@H](CO)[C@@H](O)[C@H](O)[C@@H]5O)ncnc43)c(N3CCC[C@](N)([C@H](O)C(F)F)C3)cn2)cc1F. The number of nitrogens with one attached hydrogen (secondary N) is 1. The summed E-state index contributed by atoms with van der Waals surface area (Å²) in [5.74, 6) is -1.85. The normalized spacial score (nSPS) is 26.4. The zero-order chi connectivity index (χ0) is 35.9. The molecule has 0 spiro atoms. The molecule has 4 aromatic rings. The van der Waals surface area contributed by atoms with Gasteiger partial charge in [-0.3, -0.25) is 4.98 Å². The molecule has 3 aromatic heterocycles. The number of benzene rings is 1. The predicted molar refractivity (Wildman–Crippen MR) is 168 cm³/mol. The highest BCUT2D eigenvalue weighted by Crippen LogP contribution is 2.35. The number of halogens is 4. The summed E-state index contributed by atoms with van der Waals surface area (Å²) in [7, 11) is 1.20. The van der Waals surface area contributed by atoms with Gasteiger partial charge in [-0.2, -0.15) is 0 Å². The number of hydrogen-bond donors (Lipinski definition) is 7. The molecule has 0 saturated carbocycles. The summed E-state index contributed by atoms with van der Waals surface area (Å²) in [6.45, 7) is -0.431. The number of alkyl halides is 2. The Bertz CT molecular complexity index is 1840. The summed E-state index contributed by atoms with van der Waals surface area (Å²) in [6, 6.07) is 3.35. The Morgan fingerprint density at radius 3 is 2.58 bits per heavy atom. The maximum absolute atomic E-state index is 15.2. The molecule has 0 aliphatic carbocycles. The van der Waals surface area contributed by atoms with Crippen molar-refractivity contribution in [2.45, 2.75) is 68.1 Å². The van der Waals surface area contributed by atoms with Crippen LogP contribution in [0.5, 0.6) is 5.75 Å². The lowest BCUT2D eigenvalue weighted by Crippen LogP contribution is -2.63. The van der Waals surface area contributed by atoms with Gasteiger partial charge in [0.2, 0.25) is 0 Å². The number of aliphatic hydroxyl groups excluding tert-OH is 5. The maximum Gasteiger partial charge on any atom is 0.265 e. The third kappa shape index (κ3) is 6.64. The maximum atomic E-state index is 15.2. The number of rotatable bonds is 10. The Morgan fingerprint density at radius 1 is 1.08 bits per heavy atom. The van der Waals surface area contributed by atoms with E-state index in [1.54, 1.807) is 9.47 Å². The van der Waals surface area contributed by atoms with E-state index in [-0.39, 0.29) is 53.5 Å². The number of piperidine rings is 1. The lowest BCUT2D eigenvalue weighted by molar-refractivity contribution is -0.221. The molecule has 50 heavy (non-hydrogen) atoms. The van der Waals surface area contributed by atoms with Crippen molar-refractivity contribution in [2.24, 2.45) is 5.73 Å². The van der Waals surface area contributed by atoms with E-state index in [1.807, 2.05) is 0 Å². The average Bonchev–Trinajstić information content (AvgIpc) is 3.52. The van der Waals surface area contributed by atoms with Gasteiger partial charge < -0.3 is 55.5 Å². The molecule has 8 N–H and O–H groups in total. The minimum atomic E-state index is -3.07. The van der Waals surface area contributed by atoms with E-state index in [9.17, 15) is 38.7 Å². The van der Waals surface area contributed by atoms with Crippen LogP contribution < -0.4 is 20.7 Å². The van der Waals surface area contributed by atoms with Crippen molar-refractivity contribution in [2.75, 3.05) is 37.0 Å². The van der Waals surface area contributed by atoms with Crippen LogP contribution in [0.15, 0.2) is 37.1 Å². The highest BCUT2D eigenvalue weighted by atomic mass is 19.3. The number of ether oxygens (including phenoxy) is 2. The first-order valence-corrected chi connectivity index (χ1v) is 15.6. The van der Waals surface area contributed by atoms with Crippen LogP contribution in [0.1, 0.15) is 18.4 Å². The van der Waals surface area contributed by atoms with Crippen LogP contribution in [0.25, 0.3) is 22.4 Å². The molecule has 19 heteroatoms. The molecule has 0 bridgehead atoms. The molecule has 6 rings (SSSR count). The number of nitrogens with two attached hydrogens (primary N) is 1. The minimum Gasteiger partial charge on any atom is -0.494 e. The van der Waals surface area contributed by atoms with Gasteiger partial charge in [-0.05, 0) is 30.5 Å². The fourth-order valence-electron chi connectivity index (χ4n) is 6.38. The fourth-order valence-corrected chi connectivity index (χ4v) is 6.38. The lowest BCUT2D eigenvalue weighted by atomic mass is 9.84. The number of pyridine rings is 1. The van der Waals surface area contributed by atoms with Crippen LogP contribution in [0.2, 0.25) is 0 Å².